The molecule has 0 N–H and O–H groups in total. The van der Waals surface area contributed by atoms with Crippen LogP contribution in [0, 0.1) is 0 Å². The predicted octanol–water partition coefficient (Wildman–Crippen LogP) is 2.27. The first-order valence-electron chi connectivity index (χ1n) is 3.36. The molecule has 0 heterocycles. The molecule has 0 aromatic heterocycles. The summed E-state index contributed by atoms with van der Waals surface area (Å²) < 4.78 is 4.94. The van der Waals surface area contributed by atoms with Crippen molar-refractivity contribution < 1.29 is 9.22 Å². The number of halogens is 1. The molecule has 1 atom stereocenters. The highest BCUT2D eigenvalue weighted by Gasteiger charge is 2.27. The molecular formula is C6H13ClO2Si. The molecule has 0 aromatic carbocycles. The summed E-state index contributed by atoms with van der Waals surface area (Å²) in [4.78, 5) is 10.5. The first kappa shape index (κ1) is 9.98. The second-order valence-electron chi connectivity index (χ2n) is 2.45. The molecule has 0 bridgehead atoms. The Labute approximate surface area is 67.4 Å². The quantitative estimate of drug-likeness (QED) is 0.492. The van der Waals surface area contributed by atoms with E-state index in [1.54, 1.807) is 0 Å². The van der Waals surface area contributed by atoms with Gasteiger partial charge in [-0.2, -0.15) is 0 Å². The van der Waals surface area contributed by atoms with Gasteiger partial charge in [-0.15, -0.1) is 11.1 Å². The van der Waals surface area contributed by atoms with Gasteiger partial charge in [0.25, 0.3) is 5.97 Å². The maximum absolute atomic E-state index is 10.5. The minimum atomic E-state index is -2.14. The first-order valence-corrected chi connectivity index (χ1v) is 6.99. The zero-order chi connectivity index (χ0) is 8.20. The molecule has 0 aliphatic carbocycles. The molecule has 0 aliphatic heterocycles. The highest BCUT2D eigenvalue weighted by atomic mass is 35.6. The predicted molar refractivity (Wildman–Crippen MR) is 44.3 cm³/mol. The van der Waals surface area contributed by atoms with Gasteiger partial charge in [-0.3, -0.25) is 4.79 Å². The van der Waals surface area contributed by atoms with E-state index in [9.17, 15) is 4.79 Å². The van der Waals surface area contributed by atoms with Gasteiger partial charge in [-0.25, -0.2) is 0 Å². The Bertz CT molecular complexity index is 125. The van der Waals surface area contributed by atoms with Gasteiger partial charge in [0.15, 0.2) is 0 Å². The van der Waals surface area contributed by atoms with Crippen LogP contribution in [0.25, 0.3) is 0 Å². The molecule has 1 unspecified atom stereocenters. The van der Waals surface area contributed by atoms with Crippen molar-refractivity contribution in [2.75, 3.05) is 0 Å². The molecule has 4 heteroatoms. The van der Waals surface area contributed by atoms with Crippen molar-refractivity contribution in [2.24, 2.45) is 0 Å². The van der Waals surface area contributed by atoms with E-state index in [1.807, 2.05) is 13.5 Å². The SMILES string of the molecule is CCC[Si](C)(Cl)OC(C)=O. The van der Waals surface area contributed by atoms with Gasteiger partial charge in [-0.1, -0.05) is 13.3 Å². The standard InChI is InChI=1S/C6H13ClO2Si/c1-4-5-10(3,7)9-6(2)8/h4-5H2,1-3H3. The van der Waals surface area contributed by atoms with Crippen molar-refractivity contribution in [3.63, 3.8) is 0 Å². The van der Waals surface area contributed by atoms with Gasteiger partial charge >= 0.3 is 7.63 Å². The second kappa shape index (κ2) is 3.98. The highest BCUT2D eigenvalue weighted by molar-refractivity contribution is 7.16. The van der Waals surface area contributed by atoms with Crippen LogP contribution in [0.1, 0.15) is 20.3 Å². The summed E-state index contributed by atoms with van der Waals surface area (Å²) in [6.45, 7) is 5.25. The van der Waals surface area contributed by atoms with E-state index >= 15 is 0 Å². The lowest BCUT2D eigenvalue weighted by Crippen LogP contribution is -2.29. The Morgan fingerprint density at radius 2 is 2.20 bits per heavy atom. The molecule has 0 fully saturated rings. The average Bonchev–Trinajstić information content (AvgIpc) is 1.59. The summed E-state index contributed by atoms with van der Waals surface area (Å²) in [5.74, 6) is -0.266. The van der Waals surface area contributed by atoms with Crippen LogP contribution < -0.4 is 0 Å². The maximum Gasteiger partial charge on any atom is 0.348 e. The van der Waals surface area contributed by atoms with Crippen LogP contribution in [0.4, 0.5) is 0 Å². The van der Waals surface area contributed by atoms with E-state index in [-0.39, 0.29) is 5.97 Å². The lowest BCUT2D eigenvalue weighted by Gasteiger charge is -2.17. The largest absolute Gasteiger partial charge is 0.505 e. The summed E-state index contributed by atoms with van der Waals surface area (Å²) in [7, 11) is -2.14. The Hall–Kier alpha value is -0.0231. The normalized spacial score (nSPS) is 16.0. The number of hydrogen-bond donors (Lipinski definition) is 0. The summed E-state index contributed by atoms with van der Waals surface area (Å²) in [5, 5.41) is 0. The van der Waals surface area contributed by atoms with Crippen molar-refractivity contribution in [1.29, 1.82) is 0 Å². The Morgan fingerprint density at radius 3 is 2.50 bits per heavy atom. The number of rotatable bonds is 3. The minimum Gasteiger partial charge on any atom is -0.505 e. The smallest absolute Gasteiger partial charge is 0.348 e. The molecule has 0 saturated carbocycles. The molecule has 0 spiro atoms. The maximum atomic E-state index is 10.5. The third kappa shape index (κ3) is 4.82. The summed E-state index contributed by atoms with van der Waals surface area (Å²) in [6.07, 6.45) is 0.972. The monoisotopic (exact) mass is 180 g/mol. The van der Waals surface area contributed by atoms with Crippen molar-refractivity contribution in [3.05, 3.63) is 0 Å². The molecule has 0 aliphatic rings. The molecule has 0 radical (unpaired) electrons. The molecule has 0 aromatic rings. The van der Waals surface area contributed by atoms with Crippen LogP contribution in [-0.2, 0) is 9.22 Å². The third-order valence-electron chi connectivity index (χ3n) is 1.05. The van der Waals surface area contributed by atoms with E-state index in [1.165, 1.54) is 6.92 Å². The van der Waals surface area contributed by atoms with Crippen LogP contribution in [0.2, 0.25) is 12.6 Å². The minimum absolute atomic E-state index is 0.266. The van der Waals surface area contributed by atoms with E-state index < -0.39 is 7.63 Å². The van der Waals surface area contributed by atoms with Gasteiger partial charge in [0.2, 0.25) is 0 Å². The van der Waals surface area contributed by atoms with Crippen LogP contribution in [-0.4, -0.2) is 13.6 Å². The molecule has 0 rings (SSSR count). The van der Waals surface area contributed by atoms with Crippen molar-refractivity contribution in [2.45, 2.75) is 32.9 Å². The van der Waals surface area contributed by atoms with Crippen molar-refractivity contribution >= 4 is 24.7 Å². The third-order valence-corrected chi connectivity index (χ3v) is 3.96. The van der Waals surface area contributed by atoms with Crippen LogP contribution >= 0.6 is 11.1 Å². The fourth-order valence-corrected chi connectivity index (χ4v) is 3.28. The lowest BCUT2D eigenvalue weighted by molar-refractivity contribution is -0.132. The zero-order valence-electron chi connectivity index (χ0n) is 6.61. The van der Waals surface area contributed by atoms with E-state index in [2.05, 4.69) is 0 Å². The summed E-state index contributed by atoms with van der Waals surface area (Å²) in [6, 6.07) is 0.828. The first-order chi connectivity index (χ1) is 4.48. The fourth-order valence-electron chi connectivity index (χ4n) is 0.797. The molecule has 0 amide bonds. The van der Waals surface area contributed by atoms with Gasteiger partial charge in [0.1, 0.15) is 0 Å². The Morgan fingerprint density at radius 1 is 1.70 bits per heavy atom. The van der Waals surface area contributed by atoms with Crippen LogP contribution in [0.5, 0.6) is 0 Å². The number of hydrogen-bond acceptors (Lipinski definition) is 2. The van der Waals surface area contributed by atoms with Gasteiger partial charge in [0.05, 0.1) is 0 Å². The topological polar surface area (TPSA) is 26.3 Å². The van der Waals surface area contributed by atoms with Gasteiger partial charge in [-0.05, 0) is 12.6 Å². The number of carbonyl (C=O) groups excluding carboxylic acids is 1. The molecule has 2 nitrogen and oxygen atoms in total. The highest BCUT2D eigenvalue weighted by Crippen LogP contribution is 2.18. The van der Waals surface area contributed by atoms with Crippen molar-refractivity contribution in [1.82, 2.24) is 0 Å². The fraction of sp³-hybridized carbons (Fsp3) is 0.833. The van der Waals surface area contributed by atoms with E-state index in [4.69, 9.17) is 15.5 Å². The molecular weight excluding hydrogens is 168 g/mol. The molecule has 60 valence electrons. The van der Waals surface area contributed by atoms with Crippen LogP contribution in [0.15, 0.2) is 0 Å². The second-order valence-corrected chi connectivity index (χ2v) is 7.75. The molecule has 0 saturated heterocycles. The lowest BCUT2D eigenvalue weighted by atomic mass is 10.6. The Balaban J connectivity index is 3.74. The van der Waals surface area contributed by atoms with Crippen molar-refractivity contribution in [3.8, 4) is 0 Å². The van der Waals surface area contributed by atoms with Crippen LogP contribution in [0.3, 0.4) is 0 Å². The number of carbonyl (C=O) groups is 1. The van der Waals surface area contributed by atoms with Gasteiger partial charge < -0.3 is 4.43 Å². The van der Waals surface area contributed by atoms with E-state index in [0.717, 1.165) is 12.5 Å². The zero-order valence-corrected chi connectivity index (χ0v) is 8.36. The Kier molecular flexibility index (Phi) is 3.97. The summed E-state index contributed by atoms with van der Waals surface area (Å²) >= 11 is 5.93. The van der Waals surface area contributed by atoms with Gasteiger partial charge in [0, 0.05) is 6.92 Å². The molecule has 10 heavy (non-hydrogen) atoms. The summed E-state index contributed by atoms with van der Waals surface area (Å²) in [5.41, 5.74) is 0. The van der Waals surface area contributed by atoms with E-state index in [0.29, 0.717) is 0 Å². The average molecular weight is 181 g/mol.